The van der Waals surface area contributed by atoms with E-state index in [2.05, 4.69) is 20.8 Å². The van der Waals surface area contributed by atoms with Crippen molar-refractivity contribution in [2.45, 2.75) is 136 Å². The zero-order chi connectivity index (χ0) is 30.1. The van der Waals surface area contributed by atoms with Crippen molar-refractivity contribution < 1.29 is 18.4 Å². The van der Waals surface area contributed by atoms with E-state index in [1.807, 2.05) is 16.8 Å². The Kier molecular flexibility index (Phi) is 9.69. The lowest BCUT2D eigenvalue weighted by Crippen LogP contribution is -2.62. The minimum absolute atomic E-state index is 0.000342. The van der Waals surface area contributed by atoms with Crippen LogP contribution in [-0.2, 0) is 4.79 Å². The molecular weight excluding hydrogens is 530 g/mol. The van der Waals surface area contributed by atoms with E-state index in [4.69, 9.17) is 0 Å². The van der Waals surface area contributed by atoms with E-state index in [-0.39, 0.29) is 28.3 Å². The zero-order valence-corrected chi connectivity index (χ0v) is 26.6. The van der Waals surface area contributed by atoms with Gasteiger partial charge in [-0.05, 0) is 92.1 Å². The molecule has 0 spiro atoms. The third kappa shape index (κ3) is 5.77. The summed E-state index contributed by atoms with van der Waals surface area (Å²) in [6, 6.07) is 3.80. The molecule has 4 fully saturated rings. The molecule has 1 heterocycles. The highest BCUT2D eigenvalue weighted by Gasteiger charge is 2.62. The second-order valence-corrected chi connectivity index (χ2v) is 14.7. The van der Waals surface area contributed by atoms with Gasteiger partial charge in [-0.1, -0.05) is 65.7 Å². The molecule has 2 amide bonds. The predicted octanol–water partition coefficient (Wildman–Crippen LogP) is 8.78. The van der Waals surface area contributed by atoms with Gasteiger partial charge >= 0.3 is 0 Å². The van der Waals surface area contributed by atoms with Gasteiger partial charge in [-0.15, -0.1) is 0 Å². The second kappa shape index (κ2) is 12.9. The van der Waals surface area contributed by atoms with Crippen LogP contribution in [0.1, 0.15) is 134 Å². The summed E-state index contributed by atoms with van der Waals surface area (Å²) >= 11 is 0. The summed E-state index contributed by atoms with van der Waals surface area (Å²) in [4.78, 5) is 30.6. The highest BCUT2D eigenvalue weighted by molar-refractivity contribution is 5.94. The summed E-state index contributed by atoms with van der Waals surface area (Å²) in [6.45, 7) is 7.73. The van der Waals surface area contributed by atoms with Gasteiger partial charge in [-0.3, -0.25) is 9.59 Å². The summed E-state index contributed by atoms with van der Waals surface area (Å²) in [5, 5.41) is 0. The molecule has 0 aromatic heterocycles. The Morgan fingerprint density at radius 3 is 2.31 bits per heavy atom. The fraction of sp³-hybridized carbons (Fsp3) is 0.778. The first-order valence-corrected chi connectivity index (χ1v) is 17.1. The third-order valence-electron chi connectivity index (χ3n) is 12.6. The maximum Gasteiger partial charge on any atom is 0.257 e. The van der Waals surface area contributed by atoms with E-state index < -0.39 is 11.6 Å². The fourth-order valence-corrected chi connectivity index (χ4v) is 10.3. The Labute approximate surface area is 253 Å². The van der Waals surface area contributed by atoms with Gasteiger partial charge in [0.25, 0.3) is 5.91 Å². The highest BCUT2D eigenvalue weighted by Crippen LogP contribution is 2.65. The minimum Gasteiger partial charge on any atom is -0.342 e. The van der Waals surface area contributed by atoms with Crippen LogP contribution >= 0.6 is 0 Å². The molecule has 0 unspecified atom stereocenters. The van der Waals surface area contributed by atoms with Crippen LogP contribution in [0.25, 0.3) is 0 Å². The molecule has 0 radical (unpaired) electrons. The maximum atomic E-state index is 14.9. The van der Waals surface area contributed by atoms with Crippen LogP contribution in [0.15, 0.2) is 18.2 Å². The number of nitrogens with zero attached hydrogens (tertiary/aromatic N) is 2. The van der Waals surface area contributed by atoms with Crippen LogP contribution in [0.2, 0.25) is 0 Å². The number of hydrogen-bond donors (Lipinski definition) is 0. The average Bonchev–Trinajstić information content (AvgIpc) is 3.31. The Morgan fingerprint density at radius 2 is 1.60 bits per heavy atom. The minimum atomic E-state index is -0.758. The molecule has 3 saturated carbocycles. The van der Waals surface area contributed by atoms with Gasteiger partial charge in [-0.2, -0.15) is 0 Å². The number of piperidine rings is 1. The van der Waals surface area contributed by atoms with E-state index in [0.717, 1.165) is 63.9 Å². The summed E-state index contributed by atoms with van der Waals surface area (Å²) in [5.41, 5.74) is 0.154. The van der Waals surface area contributed by atoms with E-state index in [1.165, 1.54) is 50.7 Å². The van der Waals surface area contributed by atoms with Crippen LogP contribution in [0.3, 0.4) is 0 Å². The largest absolute Gasteiger partial charge is 0.342 e. The van der Waals surface area contributed by atoms with Crippen molar-refractivity contribution in [1.82, 2.24) is 9.80 Å². The first-order chi connectivity index (χ1) is 20.1. The summed E-state index contributed by atoms with van der Waals surface area (Å²) in [7, 11) is 2.01. The monoisotopic (exact) mass is 584 g/mol. The van der Waals surface area contributed by atoms with Crippen LogP contribution < -0.4 is 0 Å². The van der Waals surface area contributed by atoms with Crippen molar-refractivity contribution in [1.29, 1.82) is 0 Å². The van der Waals surface area contributed by atoms with Crippen molar-refractivity contribution >= 4 is 11.8 Å². The average molecular weight is 585 g/mol. The Balaban J connectivity index is 1.33. The Bertz CT molecular complexity index is 1130. The van der Waals surface area contributed by atoms with Gasteiger partial charge < -0.3 is 9.80 Å². The molecular formula is C36H54F2N2O2. The lowest BCUT2D eigenvalue weighted by molar-refractivity contribution is -0.158. The number of carbonyl (C=O) groups is 2. The van der Waals surface area contributed by atoms with Gasteiger partial charge in [0, 0.05) is 38.2 Å². The number of amides is 2. The van der Waals surface area contributed by atoms with Crippen molar-refractivity contribution in [3.8, 4) is 0 Å². The van der Waals surface area contributed by atoms with Gasteiger partial charge in [0.05, 0.1) is 5.56 Å². The SMILES string of the molecule is CCCCCCCCCCN(C(=O)c1ccc(F)cc1F)[C@H]1CC[C@H]2[C@@H]3CC[C@H]4N(C)C(=O)CC[C@]4(C)[C@H]3CC[C@]12C. The number of rotatable bonds is 11. The molecule has 234 valence electrons. The van der Waals surface area contributed by atoms with Crippen LogP contribution in [0, 0.1) is 40.2 Å². The quantitative estimate of drug-likeness (QED) is 0.244. The maximum absolute atomic E-state index is 14.9. The van der Waals surface area contributed by atoms with Gasteiger partial charge in [0.2, 0.25) is 5.91 Å². The number of likely N-dealkylation sites (tertiary alicyclic amines) is 1. The van der Waals surface area contributed by atoms with Crippen molar-refractivity contribution in [3.63, 3.8) is 0 Å². The number of benzene rings is 1. The first kappa shape index (κ1) is 31.4. The summed E-state index contributed by atoms with van der Waals surface area (Å²) < 4.78 is 28.7. The molecule has 4 nitrogen and oxygen atoms in total. The molecule has 1 aliphatic heterocycles. The standard InChI is InChI=1S/C36H54F2N2O2/c1-5-6-7-8-9-10-11-12-23-40(34(42)27-14-13-25(37)24-30(27)38)32-18-16-28-26-15-17-31-35(2,22-20-33(41)39(31)4)29(26)19-21-36(28,32)3/h13-14,24,26,28-29,31-32H,5-12,15-23H2,1-4H3/t26-,28-,29-,31+,32-,35+,36-/m0/s1. The lowest BCUT2D eigenvalue weighted by atomic mass is 9.47. The number of fused-ring (bicyclic) bond motifs is 5. The Morgan fingerprint density at radius 1 is 0.905 bits per heavy atom. The molecule has 1 aromatic carbocycles. The fourth-order valence-electron chi connectivity index (χ4n) is 10.3. The van der Waals surface area contributed by atoms with Gasteiger partial charge in [-0.25, -0.2) is 8.78 Å². The second-order valence-electron chi connectivity index (χ2n) is 14.7. The number of halogens is 2. The highest BCUT2D eigenvalue weighted by atomic mass is 19.1. The molecule has 7 atom stereocenters. The molecule has 3 aliphatic carbocycles. The molecule has 6 heteroatoms. The van der Waals surface area contributed by atoms with Gasteiger partial charge in [0.15, 0.2) is 0 Å². The van der Waals surface area contributed by atoms with Crippen LogP contribution in [0.5, 0.6) is 0 Å². The number of carbonyl (C=O) groups excluding carboxylic acids is 2. The van der Waals surface area contributed by atoms with Crippen LogP contribution in [0.4, 0.5) is 8.78 Å². The number of hydrogen-bond acceptors (Lipinski definition) is 2. The van der Waals surface area contributed by atoms with E-state index in [1.54, 1.807) is 0 Å². The number of unbranched alkanes of at least 4 members (excludes halogenated alkanes) is 7. The van der Waals surface area contributed by atoms with E-state index >= 15 is 0 Å². The summed E-state index contributed by atoms with van der Waals surface area (Å²) in [6.07, 6.45) is 17.6. The first-order valence-electron chi connectivity index (χ1n) is 17.1. The zero-order valence-electron chi connectivity index (χ0n) is 26.6. The topological polar surface area (TPSA) is 40.6 Å². The molecule has 0 bridgehead atoms. The van der Waals surface area contributed by atoms with Crippen molar-refractivity contribution in [2.24, 2.45) is 28.6 Å². The van der Waals surface area contributed by atoms with E-state index in [0.29, 0.717) is 42.7 Å². The Hall–Kier alpha value is -1.98. The summed E-state index contributed by atoms with van der Waals surface area (Å²) in [5.74, 6) is 0.368. The molecule has 42 heavy (non-hydrogen) atoms. The van der Waals surface area contributed by atoms with Gasteiger partial charge in [0.1, 0.15) is 11.6 Å². The molecule has 0 N–H and O–H groups in total. The molecule has 4 aliphatic rings. The predicted molar refractivity (Wildman–Crippen MR) is 164 cm³/mol. The molecule has 5 rings (SSSR count). The third-order valence-corrected chi connectivity index (χ3v) is 12.6. The normalized spacial score (nSPS) is 34.1. The molecule has 1 saturated heterocycles. The van der Waals surface area contributed by atoms with Crippen molar-refractivity contribution in [2.75, 3.05) is 13.6 Å². The smallest absolute Gasteiger partial charge is 0.257 e. The van der Waals surface area contributed by atoms with E-state index in [9.17, 15) is 18.4 Å². The molecule has 1 aromatic rings. The lowest BCUT2D eigenvalue weighted by Gasteiger charge is -2.62. The van der Waals surface area contributed by atoms with Crippen LogP contribution in [-0.4, -0.2) is 47.3 Å². The van der Waals surface area contributed by atoms with Crippen molar-refractivity contribution in [3.05, 3.63) is 35.4 Å².